The van der Waals surface area contributed by atoms with Crippen molar-refractivity contribution in [2.75, 3.05) is 11.1 Å². The molecule has 0 radical (unpaired) electrons. The fourth-order valence-electron chi connectivity index (χ4n) is 2.99. The number of aromatic nitrogens is 2. The molecule has 2 amide bonds. The van der Waals surface area contributed by atoms with Crippen LogP contribution in [-0.2, 0) is 6.54 Å². The highest BCUT2D eigenvalue weighted by Crippen LogP contribution is 2.29. The standard InChI is InChI=1S/C21H21N5O/c22-20-23-13-12-19(25-20)16-6-8-17(9-7-16)24-21(27)26(18-10-11-18)14-15-4-2-1-3-5-15/h1-9,12-13,18H,10-11,14H2,(H,24,27)(H2,22,23,25). The van der Waals surface area contributed by atoms with E-state index in [1.165, 1.54) is 0 Å². The van der Waals surface area contributed by atoms with E-state index in [0.29, 0.717) is 12.6 Å². The van der Waals surface area contributed by atoms with Crippen molar-refractivity contribution in [3.63, 3.8) is 0 Å². The highest BCUT2D eigenvalue weighted by molar-refractivity contribution is 5.90. The average molecular weight is 359 g/mol. The molecular formula is C21H21N5O. The largest absolute Gasteiger partial charge is 0.368 e. The fourth-order valence-corrected chi connectivity index (χ4v) is 2.99. The van der Waals surface area contributed by atoms with Crippen LogP contribution < -0.4 is 11.1 Å². The average Bonchev–Trinajstić information content (AvgIpc) is 3.52. The van der Waals surface area contributed by atoms with Crippen LogP contribution in [0, 0.1) is 0 Å². The number of hydrogen-bond acceptors (Lipinski definition) is 4. The summed E-state index contributed by atoms with van der Waals surface area (Å²) in [5.74, 6) is 0.242. The molecule has 0 saturated heterocycles. The van der Waals surface area contributed by atoms with E-state index in [4.69, 9.17) is 5.73 Å². The Morgan fingerprint density at radius 1 is 1.07 bits per heavy atom. The molecular weight excluding hydrogens is 338 g/mol. The third kappa shape index (κ3) is 4.23. The second-order valence-corrected chi connectivity index (χ2v) is 6.65. The van der Waals surface area contributed by atoms with Crippen molar-refractivity contribution >= 4 is 17.7 Å². The Kier molecular flexibility index (Phi) is 4.70. The number of amides is 2. The SMILES string of the molecule is Nc1nccc(-c2ccc(NC(=O)N(Cc3ccccc3)C3CC3)cc2)n1. The quantitative estimate of drug-likeness (QED) is 0.723. The van der Waals surface area contributed by atoms with Gasteiger partial charge in [0.05, 0.1) is 5.69 Å². The van der Waals surface area contributed by atoms with E-state index in [2.05, 4.69) is 15.3 Å². The van der Waals surface area contributed by atoms with Crippen LogP contribution in [0.25, 0.3) is 11.3 Å². The summed E-state index contributed by atoms with van der Waals surface area (Å²) in [6.07, 6.45) is 3.76. The molecule has 3 aromatic rings. The molecule has 3 N–H and O–H groups in total. The highest BCUT2D eigenvalue weighted by atomic mass is 16.2. The van der Waals surface area contributed by atoms with E-state index >= 15 is 0 Å². The number of anilines is 2. The highest BCUT2D eigenvalue weighted by Gasteiger charge is 2.32. The minimum atomic E-state index is -0.0691. The number of carbonyl (C=O) groups excluding carboxylic acids is 1. The maximum Gasteiger partial charge on any atom is 0.322 e. The van der Waals surface area contributed by atoms with Gasteiger partial charge in [0.25, 0.3) is 0 Å². The second kappa shape index (κ2) is 7.45. The molecule has 27 heavy (non-hydrogen) atoms. The van der Waals surface area contributed by atoms with Gasteiger partial charge in [0.2, 0.25) is 5.95 Å². The molecule has 1 saturated carbocycles. The fraction of sp³-hybridized carbons (Fsp3) is 0.190. The molecule has 4 rings (SSSR count). The molecule has 0 aliphatic heterocycles. The first-order valence-corrected chi connectivity index (χ1v) is 8.99. The van der Waals surface area contributed by atoms with Gasteiger partial charge in [-0.05, 0) is 36.6 Å². The number of nitrogens with one attached hydrogen (secondary N) is 1. The Morgan fingerprint density at radius 3 is 2.48 bits per heavy atom. The van der Waals surface area contributed by atoms with Gasteiger partial charge in [0.1, 0.15) is 0 Å². The number of rotatable bonds is 5. The molecule has 6 heteroatoms. The van der Waals surface area contributed by atoms with Gasteiger partial charge in [0, 0.05) is 30.0 Å². The summed E-state index contributed by atoms with van der Waals surface area (Å²) >= 11 is 0. The summed E-state index contributed by atoms with van der Waals surface area (Å²) < 4.78 is 0. The molecule has 6 nitrogen and oxygen atoms in total. The summed E-state index contributed by atoms with van der Waals surface area (Å²) in [6, 6.07) is 19.7. The minimum absolute atomic E-state index is 0.0691. The molecule has 1 heterocycles. The maximum absolute atomic E-state index is 12.8. The predicted molar refractivity (Wildman–Crippen MR) is 106 cm³/mol. The zero-order chi connectivity index (χ0) is 18.6. The van der Waals surface area contributed by atoms with Crippen molar-refractivity contribution in [1.29, 1.82) is 0 Å². The zero-order valence-corrected chi connectivity index (χ0v) is 14.9. The maximum atomic E-state index is 12.8. The lowest BCUT2D eigenvalue weighted by Gasteiger charge is -2.23. The van der Waals surface area contributed by atoms with Crippen molar-refractivity contribution in [2.45, 2.75) is 25.4 Å². The first-order valence-electron chi connectivity index (χ1n) is 8.99. The smallest absolute Gasteiger partial charge is 0.322 e. The topological polar surface area (TPSA) is 84.1 Å². The van der Waals surface area contributed by atoms with Crippen LogP contribution >= 0.6 is 0 Å². The van der Waals surface area contributed by atoms with Gasteiger partial charge in [-0.1, -0.05) is 42.5 Å². The summed E-state index contributed by atoms with van der Waals surface area (Å²) in [5, 5.41) is 3.00. The number of nitrogens with zero attached hydrogens (tertiary/aromatic N) is 3. The van der Waals surface area contributed by atoms with Crippen LogP contribution in [-0.4, -0.2) is 26.9 Å². The van der Waals surface area contributed by atoms with Gasteiger partial charge in [0.15, 0.2) is 0 Å². The lowest BCUT2D eigenvalue weighted by atomic mass is 10.1. The first-order chi connectivity index (χ1) is 13.2. The zero-order valence-electron chi connectivity index (χ0n) is 14.9. The van der Waals surface area contributed by atoms with E-state index in [1.807, 2.05) is 59.5 Å². The van der Waals surface area contributed by atoms with Crippen LogP contribution in [0.15, 0.2) is 66.9 Å². The Bertz CT molecular complexity index is 923. The molecule has 0 bridgehead atoms. The van der Waals surface area contributed by atoms with Crippen molar-refractivity contribution in [1.82, 2.24) is 14.9 Å². The Morgan fingerprint density at radius 2 is 1.81 bits per heavy atom. The molecule has 1 aromatic heterocycles. The van der Waals surface area contributed by atoms with Crippen LogP contribution in [0.5, 0.6) is 0 Å². The second-order valence-electron chi connectivity index (χ2n) is 6.65. The first kappa shape index (κ1) is 17.0. The van der Waals surface area contributed by atoms with Crippen molar-refractivity contribution < 1.29 is 4.79 Å². The molecule has 2 aromatic carbocycles. The van der Waals surface area contributed by atoms with Crippen LogP contribution in [0.3, 0.4) is 0 Å². The molecule has 1 aliphatic carbocycles. The number of nitrogen functional groups attached to an aromatic ring is 1. The lowest BCUT2D eigenvalue weighted by molar-refractivity contribution is 0.206. The van der Waals surface area contributed by atoms with E-state index in [9.17, 15) is 4.79 Å². The normalized spacial score (nSPS) is 13.2. The van der Waals surface area contributed by atoms with Crippen molar-refractivity contribution in [2.24, 2.45) is 0 Å². The van der Waals surface area contributed by atoms with Crippen LogP contribution in [0.2, 0.25) is 0 Å². The number of carbonyl (C=O) groups is 1. The van der Waals surface area contributed by atoms with E-state index in [-0.39, 0.29) is 12.0 Å². The van der Waals surface area contributed by atoms with Crippen LogP contribution in [0.4, 0.5) is 16.4 Å². The Hall–Kier alpha value is -3.41. The van der Waals surface area contributed by atoms with E-state index < -0.39 is 0 Å². The summed E-state index contributed by atoms with van der Waals surface area (Å²) in [5.41, 5.74) is 9.20. The molecule has 136 valence electrons. The van der Waals surface area contributed by atoms with Gasteiger partial charge in [-0.3, -0.25) is 0 Å². The lowest BCUT2D eigenvalue weighted by Crippen LogP contribution is -2.36. The number of hydrogen-bond donors (Lipinski definition) is 2. The van der Waals surface area contributed by atoms with Gasteiger partial charge in [-0.2, -0.15) is 0 Å². The molecule has 0 spiro atoms. The van der Waals surface area contributed by atoms with Gasteiger partial charge >= 0.3 is 6.03 Å². The van der Waals surface area contributed by atoms with Gasteiger partial charge in [-0.15, -0.1) is 0 Å². The molecule has 0 atom stereocenters. The number of benzene rings is 2. The summed E-state index contributed by atoms with van der Waals surface area (Å²) in [6.45, 7) is 0.621. The van der Waals surface area contributed by atoms with Crippen molar-refractivity contribution in [3.8, 4) is 11.3 Å². The Labute approximate surface area is 158 Å². The van der Waals surface area contributed by atoms with Gasteiger partial charge < -0.3 is 16.0 Å². The number of urea groups is 1. The van der Waals surface area contributed by atoms with Crippen molar-refractivity contribution in [3.05, 3.63) is 72.4 Å². The minimum Gasteiger partial charge on any atom is -0.368 e. The van der Waals surface area contributed by atoms with Crippen LogP contribution in [0.1, 0.15) is 18.4 Å². The third-order valence-electron chi connectivity index (χ3n) is 4.55. The molecule has 0 unspecified atom stereocenters. The van der Waals surface area contributed by atoms with E-state index in [1.54, 1.807) is 12.3 Å². The number of nitrogens with two attached hydrogens (primary N) is 1. The van der Waals surface area contributed by atoms with E-state index in [0.717, 1.165) is 35.3 Å². The molecule has 1 aliphatic rings. The summed E-state index contributed by atoms with van der Waals surface area (Å²) in [4.78, 5) is 22.8. The Balaban J connectivity index is 1.45. The van der Waals surface area contributed by atoms with Gasteiger partial charge in [-0.25, -0.2) is 14.8 Å². The monoisotopic (exact) mass is 359 g/mol. The predicted octanol–water partition coefficient (Wildman–Crippen LogP) is 3.92. The summed E-state index contributed by atoms with van der Waals surface area (Å²) in [7, 11) is 0. The molecule has 1 fully saturated rings. The third-order valence-corrected chi connectivity index (χ3v) is 4.55.